The standard InChI is InChI=1S/C26H25NO5/c1-30-25-23(31-14-8-13-27-17-18-9-4-2-5-10-18)16-21(29)24-20(28)15-22(32-26(24)25)19-11-6-3-7-12-19/h2-7,9-12,15-16,27,29H,8,13-14,17H2,1H3. The van der Waals surface area contributed by atoms with E-state index in [0.717, 1.165) is 25.1 Å². The van der Waals surface area contributed by atoms with E-state index in [1.54, 1.807) is 0 Å². The summed E-state index contributed by atoms with van der Waals surface area (Å²) in [6.45, 7) is 1.96. The minimum atomic E-state index is -0.349. The van der Waals surface area contributed by atoms with E-state index in [1.165, 1.54) is 24.8 Å². The van der Waals surface area contributed by atoms with E-state index in [2.05, 4.69) is 17.4 Å². The van der Waals surface area contributed by atoms with E-state index < -0.39 is 0 Å². The van der Waals surface area contributed by atoms with Crippen molar-refractivity contribution in [2.75, 3.05) is 20.3 Å². The zero-order valence-corrected chi connectivity index (χ0v) is 17.8. The van der Waals surface area contributed by atoms with E-state index in [9.17, 15) is 9.90 Å². The molecule has 0 fully saturated rings. The molecule has 4 rings (SSSR count). The third-order valence-corrected chi connectivity index (χ3v) is 5.09. The molecule has 0 aliphatic heterocycles. The zero-order valence-electron chi connectivity index (χ0n) is 17.8. The number of phenols is 1. The Kier molecular flexibility index (Phi) is 6.72. The Hall–Kier alpha value is -3.77. The molecule has 0 aliphatic rings. The Morgan fingerprint density at radius 1 is 1.00 bits per heavy atom. The van der Waals surface area contributed by atoms with Gasteiger partial charge in [0.15, 0.2) is 16.8 Å². The molecule has 164 valence electrons. The lowest BCUT2D eigenvalue weighted by molar-refractivity contribution is 0.285. The van der Waals surface area contributed by atoms with Gasteiger partial charge in [0.2, 0.25) is 5.75 Å². The van der Waals surface area contributed by atoms with Crippen LogP contribution < -0.4 is 20.2 Å². The average Bonchev–Trinajstić information content (AvgIpc) is 2.82. The summed E-state index contributed by atoms with van der Waals surface area (Å²) in [7, 11) is 1.48. The normalized spacial score (nSPS) is 10.9. The summed E-state index contributed by atoms with van der Waals surface area (Å²) < 4.78 is 17.4. The van der Waals surface area contributed by atoms with Crippen LogP contribution in [0.1, 0.15) is 12.0 Å². The zero-order chi connectivity index (χ0) is 22.3. The minimum absolute atomic E-state index is 0.0680. The molecular weight excluding hydrogens is 406 g/mol. The van der Waals surface area contributed by atoms with Crippen LogP contribution in [0.4, 0.5) is 0 Å². The lowest BCUT2D eigenvalue weighted by Crippen LogP contribution is -2.17. The van der Waals surface area contributed by atoms with Gasteiger partial charge in [-0.1, -0.05) is 60.7 Å². The maximum Gasteiger partial charge on any atom is 0.205 e. The molecule has 0 bridgehead atoms. The number of methoxy groups -OCH3 is 1. The summed E-state index contributed by atoms with van der Waals surface area (Å²) in [5, 5.41) is 13.9. The number of rotatable bonds is 9. The van der Waals surface area contributed by atoms with Crippen LogP contribution in [-0.4, -0.2) is 25.4 Å². The highest BCUT2D eigenvalue weighted by atomic mass is 16.5. The Morgan fingerprint density at radius 2 is 1.72 bits per heavy atom. The van der Waals surface area contributed by atoms with E-state index in [0.29, 0.717) is 18.1 Å². The highest BCUT2D eigenvalue weighted by Gasteiger charge is 2.20. The third kappa shape index (κ3) is 4.76. The summed E-state index contributed by atoms with van der Waals surface area (Å²) in [4.78, 5) is 12.7. The first-order valence-electron chi connectivity index (χ1n) is 10.5. The average molecular weight is 431 g/mol. The third-order valence-electron chi connectivity index (χ3n) is 5.09. The largest absolute Gasteiger partial charge is 0.507 e. The van der Waals surface area contributed by atoms with Crippen LogP contribution in [0.3, 0.4) is 0 Å². The first-order valence-corrected chi connectivity index (χ1v) is 10.5. The number of hydrogen-bond acceptors (Lipinski definition) is 6. The molecule has 3 aromatic carbocycles. The maximum atomic E-state index is 12.7. The van der Waals surface area contributed by atoms with Gasteiger partial charge in [-0.2, -0.15) is 0 Å². The van der Waals surface area contributed by atoms with Crippen LogP contribution in [0, 0.1) is 0 Å². The van der Waals surface area contributed by atoms with Gasteiger partial charge in [0.25, 0.3) is 0 Å². The fourth-order valence-corrected chi connectivity index (χ4v) is 3.52. The molecule has 0 saturated carbocycles. The highest BCUT2D eigenvalue weighted by Crippen LogP contribution is 2.41. The molecule has 0 atom stereocenters. The lowest BCUT2D eigenvalue weighted by atomic mass is 10.1. The van der Waals surface area contributed by atoms with Crippen LogP contribution in [0.25, 0.3) is 22.3 Å². The van der Waals surface area contributed by atoms with Crippen molar-refractivity contribution in [3.63, 3.8) is 0 Å². The molecule has 4 aromatic rings. The van der Waals surface area contributed by atoms with Crippen molar-refractivity contribution in [3.05, 3.63) is 88.6 Å². The summed E-state index contributed by atoms with van der Waals surface area (Å²) in [6.07, 6.45) is 0.753. The summed E-state index contributed by atoms with van der Waals surface area (Å²) in [6, 6.07) is 22.2. The second kappa shape index (κ2) is 10.0. The maximum absolute atomic E-state index is 12.7. The van der Waals surface area contributed by atoms with Crippen LogP contribution >= 0.6 is 0 Å². The van der Waals surface area contributed by atoms with E-state index in [1.807, 2.05) is 48.5 Å². The van der Waals surface area contributed by atoms with Gasteiger partial charge in [0.05, 0.1) is 13.7 Å². The fraction of sp³-hybridized carbons (Fsp3) is 0.192. The molecular formula is C26H25NO5. The second-order valence-electron chi connectivity index (χ2n) is 7.34. The first-order chi connectivity index (χ1) is 15.7. The Morgan fingerprint density at radius 3 is 2.44 bits per heavy atom. The molecule has 0 saturated heterocycles. The molecule has 6 heteroatoms. The topological polar surface area (TPSA) is 80.9 Å². The predicted molar refractivity (Wildman–Crippen MR) is 124 cm³/mol. The number of aromatic hydroxyl groups is 1. The molecule has 0 amide bonds. The van der Waals surface area contributed by atoms with Gasteiger partial charge in [0.1, 0.15) is 16.9 Å². The first kappa shape index (κ1) is 21.5. The van der Waals surface area contributed by atoms with Gasteiger partial charge in [-0.15, -0.1) is 0 Å². The van der Waals surface area contributed by atoms with Gasteiger partial charge in [-0.05, 0) is 18.5 Å². The molecule has 0 unspecified atom stereocenters. The molecule has 2 N–H and O–H groups in total. The Balaban J connectivity index is 1.51. The smallest absolute Gasteiger partial charge is 0.205 e. The molecule has 0 spiro atoms. The van der Waals surface area contributed by atoms with Crippen molar-refractivity contribution in [3.8, 4) is 28.6 Å². The number of benzene rings is 3. The summed E-state index contributed by atoms with van der Waals surface area (Å²) in [5.74, 6) is 0.799. The minimum Gasteiger partial charge on any atom is -0.507 e. The number of ether oxygens (including phenoxy) is 2. The van der Waals surface area contributed by atoms with E-state index >= 15 is 0 Å². The van der Waals surface area contributed by atoms with Crippen LogP contribution in [0.5, 0.6) is 17.2 Å². The van der Waals surface area contributed by atoms with Crippen molar-refractivity contribution >= 4 is 11.0 Å². The lowest BCUT2D eigenvalue weighted by Gasteiger charge is -2.14. The van der Waals surface area contributed by atoms with Crippen LogP contribution in [-0.2, 0) is 6.54 Å². The monoisotopic (exact) mass is 431 g/mol. The molecule has 6 nitrogen and oxygen atoms in total. The van der Waals surface area contributed by atoms with Crippen molar-refractivity contribution in [1.29, 1.82) is 0 Å². The quantitative estimate of drug-likeness (QED) is 0.373. The van der Waals surface area contributed by atoms with Crippen molar-refractivity contribution < 1.29 is 19.0 Å². The number of hydrogen-bond donors (Lipinski definition) is 2. The number of nitrogens with one attached hydrogen (secondary N) is 1. The summed E-state index contributed by atoms with van der Waals surface area (Å²) >= 11 is 0. The van der Waals surface area contributed by atoms with Crippen molar-refractivity contribution in [2.45, 2.75) is 13.0 Å². The second-order valence-corrected chi connectivity index (χ2v) is 7.34. The van der Waals surface area contributed by atoms with Gasteiger partial charge in [-0.3, -0.25) is 4.79 Å². The van der Waals surface area contributed by atoms with Crippen molar-refractivity contribution in [1.82, 2.24) is 5.32 Å². The number of fused-ring (bicyclic) bond motifs is 1. The number of phenolic OH excluding ortho intramolecular Hbond substituents is 1. The molecule has 32 heavy (non-hydrogen) atoms. The Bertz CT molecular complexity index is 1240. The Labute approximate surface area is 186 Å². The van der Waals surface area contributed by atoms with Crippen LogP contribution in [0.15, 0.2) is 82.0 Å². The predicted octanol–water partition coefficient (Wildman–Crippen LogP) is 4.73. The van der Waals surface area contributed by atoms with Gasteiger partial charge >= 0.3 is 0 Å². The fourth-order valence-electron chi connectivity index (χ4n) is 3.52. The molecule has 0 aliphatic carbocycles. The highest BCUT2D eigenvalue weighted by molar-refractivity contribution is 5.91. The van der Waals surface area contributed by atoms with Crippen molar-refractivity contribution in [2.24, 2.45) is 0 Å². The molecule has 1 heterocycles. The molecule has 0 radical (unpaired) electrons. The van der Waals surface area contributed by atoms with Gasteiger partial charge < -0.3 is 24.3 Å². The van der Waals surface area contributed by atoms with E-state index in [4.69, 9.17) is 13.9 Å². The van der Waals surface area contributed by atoms with Crippen LogP contribution in [0.2, 0.25) is 0 Å². The SMILES string of the molecule is COc1c(OCCCNCc2ccccc2)cc(O)c2c(=O)cc(-c3ccccc3)oc12. The van der Waals surface area contributed by atoms with Gasteiger partial charge in [0, 0.05) is 24.2 Å². The summed E-state index contributed by atoms with van der Waals surface area (Å²) in [5.41, 5.74) is 1.79. The molecule has 1 aromatic heterocycles. The van der Waals surface area contributed by atoms with E-state index in [-0.39, 0.29) is 27.9 Å². The van der Waals surface area contributed by atoms with Gasteiger partial charge in [-0.25, -0.2) is 0 Å².